The van der Waals surface area contributed by atoms with Gasteiger partial charge in [0.15, 0.2) is 0 Å². The predicted octanol–water partition coefficient (Wildman–Crippen LogP) is 2.07. The highest BCUT2D eigenvalue weighted by atomic mass is 16.6. The summed E-state index contributed by atoms with van der Waals surface area (Å²) in [5.74, 6) is -0.274. The van der Waals surface area contributed by atoms with E-state index in [4.69, 9.17) is 9.47 Å². The minimum absolute atomic E-state index is 0.0746. The number of hydrogen-bond acceptors (Lipinski definition) is 3. The van der Waals surface area contributed by atoms with Crippen molar-refractivity contribution >= 4 is 5.97 Å². The number of carbonyl (C=O) groups excluding carboxylic acids is 1. The predicted molar refractivity (Wildman–Crippen MR) is 54.0 cm³/mol. The SMILES string of the molecule is CCOC(=O)COCC1=CCCCC1. The Morgan fingerprint density at radius 3 is 3.00 bits per heavy atom. The topological polar surface area (TPSA) is 35.5 Å². The van der Waals surface area contributed by atoms with Crippen LogP contribution < -0.4 is 0 Å². The molecule has 0 saturated heterocycles. The Morgan fingerprint density at radius 2 is 2.36 bits per heavy atom. The van der Waals surface area contributed by atoms with Gasteiger partial charge in [-0.25, -0.2) is 4.79 Å². The van der Waals surface area contributed by atoms with Crippen molar-refractivity contribution in [2.75, 3.05) is 19.8 Å². The maximum atomic E-state index is 10.9. The van der Waals surface area contributed by atoms with E-state index in [1.807, 2.05) is 0 Å². The largest absolute Gasteiger partial charge is 0.464 e. The Labute approximate surface area is 85.1 Å². The third-order valence-corrected chi connectivity index (χ3v) is 2.20. The lowest BCUT2D eigenvalue weighted by Gasteiger charge is -2.12. The van der Waals surface area contributed by atoms with Crippen molar-refractivity contribution in [3.05, 3.63) is 11.6 Å². The molecule has 0 fully saturated rings. The van der Waals surface area contributed by atoms with Crippen molar-refractivity contribution in [1.29, 1.82) is 0 Å². The van der Waals surface area contributed by atoms with Crippen molar-refractivity contribution < 1.29 is 14.3 Å². The summed E-state index contributed by atoms with van der Waals surface area (Å²) in [6, 6.07) is 0. The van der Waals surface area contributed by atoms with E-state index in [2.05, 4.69) is 6.08 Å². The average molecular weight is 198 g/mol. The van der Waals surface area contributed by atoms with E-state index < -0.39 is 0 Å². The van der Waals surface area contributed by atoms with Crippen molar-refractivity contribution in [1.82, 2.24) is 0 Å². The van der Waals surface area contributed by atoms with Gasteiger partial charge in [0.2, 0.25) is 0 Å². The number of rotatable bonds is 5. The summed E-state index contributed by atoms with van der Waals surface area (Å²) in [5, 5.41) is 0. The molecule has 0 aromatic rings. The lowest BCUT2D eigenvalue weighted by molar-refractivity contribution is -0.148. The van der Waals surface area contributed by atoms with Crippen LogP contribution in [0.4, 0.5) is 0 Å². The van der Waals surface area contributed by atoms with E-state index in [-0.39, 0.29) is 12.6 Å². The molecule has 0 amide bonds. The fourth-order valence-corrected chi connectivity index (χ4v) is 1.50. The van der Waals surface area contributed by atoms with Gasteiger partial charge in [-0.1, -0.05) is 6.08 Å². The first kappa shape index (κ1) is 11.2. The molecule has 0 spiro atoms. The Hall–Kier alpha value is -0.830. The summed E-state index contributed by atoms with van der Waals surface area (Å²) in [6.07, 6.45) is 7.01. The van der Waals surface area contributed by atoms with Crippen LogP contribution in [0.2, 0.25) is 0 Å². The van der Waals surface area contributed by atoms with E-state index in [1.54, 1.807) is 6.92 Å². The minimum Gasteiger partial charge on any atom is -0.464 e. The molecule has 0 bridgehead atoms. The monoisotopic (exact) mass is 198 g/mol. The third-order valence-electron chi connectivity index (χ3n) is 2.20. The molecule has 1 aliphatic rings. The first-order chi connectivity index (χ1) is 6.83. The third kappa shape index (κ3) is 4.42. The second-order valence-corrected chi connectivity index (χ2v) is 3.41. The molecule has 0 unspecified atom stereocenters. The van der Waals surface area contributed by atoms with E-state index in [9.17, 15) is 4.79 Å². The van der Waals surface area contributed by atoms with Gasteiger partial charge in [0, 0.05) is 0 Å². The second kappa shape index (κ2) is 6.60. The molecule has 0 aromatic carbocycles. The average Bonchev–Trinajstić information content (AvgIpc) is 2.20. The molecule has 3 heteroatoms. The zero-order valence-electron chi connectivity index (χ0n) is 8.75. The highest BCUT2D eigenvalue weighted by Crippen LogP contribution is 2.17. The summed E-state index contributed by atoms with van der Waals surface area (Å²) in [4.78, 5) is 10.9. The number of allylic oxidation sites excluding steroid dienone is 1. The molecule has 0 N–H and O–H groups in total. The number of carbonyl (C=O) groups is 1. The van der Waals surface area contributed by atoms with E-state index in [0.717, 1.165) is 12.8 Å². The highest BCUT2D eigenvalue weighted by Gasteiger charge is 2.05. The lowest BCUT2D eigenvalue weighted by Crippen LogP contribution is -2.14. The van der Waals surface area contributed by atoms with E-state index in [0.29, 0.717) is 13.2 Å². The molecular weight excluding hydrogens is 180 g/mol. The molecule has 0 saturated carbocycles. The molecule has 14 heavy (non-hydrogen) atoms. The Morgan fingerprint density at radius 1 is 1.50 bits per heavy atom. The maximum Gasteiger partial charge on any atom is 0.332 e. The van der Waals surface area contributed by atoms with Crippen LogP contribution >= 0.6 is 0 Å². The van der Waals surface area contributed by atoms with Crippen molar-refractivity contribution in [2.45, 2.75) is 32.6 Å². The van der Waals surface area contributed by atoms with E-state index >= 15 is 0 Å². The van der Waals surface area contributed by atoms with Crippen LogP contribution in [-0.4, -0.2) is 25.8 Å². The van der Waals surface area contributed by atoms with Gasteiger partial charge in [-0.05, 0) is 38.2 Å². The fraction of sp³-hybridized carbons (Fsp3) is 0.727. The molecule has 80 valence electrons. The summed E-state index contributed by atoms with van der Waals surface area (Å²) in [7, 11) is 0. The molecular formula is C11H18O3. The normalized spacial score (nSPS) is 16.2. The summed E-state index contributed by atoms with van der Waals surface area (Å²) >= 11 is 0. The van der Waals surface area contributed by atoms with Crippen LogP contribution in [-0.2, 0) is 14.3 Å². The van der Waals surface area contributed by atoms with Crippen LogP contribution in [0.1, 0.15) is 32.6 Å². The lowest BCUT2D eigenvalue weighted by atomic mass is 10.0. The molecule has 0 atom stereocenters. The van der Waals surface area contributed by atoms with Gasteiger partial charge in [-0.15, -0.1) is 0 Å². The van der Waals surface area contributed by atoms with Gasteiger partial charge in [-0.2, -0.15) is 0 Å². The molecule has 1 aliphatic carbocycles. The molecule has 3 nitrogen and oxygen atoms in total. The summed E-state index contributed by atoms with van der Waals surface area (Å²) in [5.41, 5.74) is 1.32. The fourth-order valence-electron chi connectivity index (χ4n) is 1.50. The van der Waals surface area contributed by atoms with Gasteiger partial charge in [-0.3, -0.25) is 0 Å². The Kier molecular flexibility index (Phi) is 5.30. The van der Waals surface area contributed by atoms with Crippen molar-refractivity contribution in [2.24, 2.45) is 0 Å². The van der Waals surface area contributed by atoms with Crippen LogP contribution in [0.5, 0.6) is 0 Å². The maximum absolute atomic E-state index is 10.9. The van der Waals surface area contributed by atoms with Crippen LogP contribution in [0.3, 0.4) is 0 Å². The second-order valence-electron chi connectivity index (χ2n) is 3.41. The van der Waals surface area contributed by atoms with Gasteiger partial charge in [0.05, 0.1) is 13.2 Å². The molecule has 0 aromatic heterocycles. The molecule has 1 rings (SSSR count). The van der Waals surface area contributed by atoms with Gasteiger partial charge in [0.25, 0.3) is 0 Å². The smallest absolute Gasteiger partial charge is 0.332 e. The van der Waals surface area contributed by atoms with Crippen molar-refractivity contribution in [3.8, 4) is 0 Å². The van der Waals surface area contributed by atoms with Crippen molar-refractivity contribution in [3.63, 3.8) is 0 Å². The van der Waals surface area contributed by atoms with Crippen LogP contribution in [0.25, 0.3) is 0 Å². The molecule has 0 radical (unpaired) electrons. The minimum atomic E-state index is -0.274. The summed E-state index contributed by atoms with van der Waals surface area (Å²) < 4.78 is 9.99. The number of hydrogen-bond donors (Lipinski definition) is 0. The zero-order valence-corrected chi connectivity index (χ0v) is 8.75. The quantitative estimate of drug-likeness (QED) is 0.501. The van der Waals surface area contributed by atoms with Crippen LogP contribution in [0, 0.1) is 0 Å². The summed E-state index contributed by atoms with van der Waals surface area (Å²) in [6.45, 7) is 2.87. The van der Waals surface area contributed by atoms with Gasteiger partial charge >= 0.3 is 5.97 Å². The highest BCUT2D eigenvalue weighted by molar-refractivity contribution is 5.70. The van der Waals surface area contributed by atoms with Gasteiger partial charge < -0.3 is 9.47 Å². The van der Waals surface area contributed by atoms with E-state index in [1.165, 1.54) is 18.4 Å². The molecule has 0 heterocycles. The first-order valence-electron chi connectivity index (χ1n) is 5.24. The Balaban J connectivity index is 2.08. The van der Waals surface area contributed by atoms with Crippen LogP contribution in [0.15, 0.2) is 11.6 Å². The zero-order chi connectivity index (χ0) is 10.2. The first-order valence-corrected chi connectivity index (χ1v) is 5.24. The number of ether oxygens (including phenoxy) is 2. The number of esters is 1. The molecule has 0 aliphatic heterocycles. The van der Waals surface area contributed by atoms with Gasteiger partial charge in [0.1, 0.15) is 6.61 Å². The standard InChI is InChI=1S/C11H18O3/c1-2-14-11(12)9-13-8-10-6-4-3-5-7-10/h6H,2-5,7-9H2,1H3. The Bertz CT molecular complexity index is 209.